The summed E-state index contributed by atoms with van der Waals surface area (Å²) < 4.78 is 5.44. The van der Waals surface area contributed by atoms with Crippen molar-refractivity contribution < 1.29 is 19.1 Å². The number of rotatable bonds is 7. The van der Waals surface area contributed by atoms with Crippen molar-refractivity contribution in [3.05, 3.63) is 40.3 Å². The van der Waals surface area contributed by atoms with E-state index in [1.165, 1.54) is 11.3 Å². The molecule has 182 valence electrons. The molecule has 2 fully saturated rings. The Morgan fingerprint density at radius 2 is 1.82 bits per heavy atom. The van der Waals surface area contributed by atoms with Gasteiger partial charge < -0.3 is 25.2 Å². The van der Waals surface area contributed by atoms with Gasteiger partial charge in [0, 0.05) is 57.4 Å². The summed E-state index contributed by atoms with van der Waals surface area (Å²) in [5.41, 5.74) is 2.18. The Bertz CT molecular complexity index is 1010. The van der Waals surface area contributed by atoms with E-state index in [1.54, 1.807) is 7.05 Å². The Morgan fingerprint density at radius 3 is 2.56 bits per heavy atom. The fourth-order valence-electron chi connectivity index (χ4n) is 4.30. The van der Waals surface area contributed by atoms with Crippen molar-refractivity contribution in [2.45, 2.75) is 31.6 Å². The molecule has 0 aliphatic carbocycles. The maximum absolute atomic E-state index is 12.9. The monoisotopic (exact) mass is 485 g/mol. The number of carbonyl (C=O) groups excluding carboxylic acids is 3. The summed E-state index contributed by atoms with van der Waals surface area (Å²) in [6.07, 6.45) is 2.06. The maximum atomic E-state index is 12.9. The lowest BCUT2D eigenvalue weighted by molar-refractivity contribution is -0.134. The smallest absolute Gasteiger partial charge is 0.275 e. The van der Waals surface area contributed by atoms with Crippen molar-refractivity contribution in [1.82, 2.24) is 15.2 Å². The Kier molecular flexibility index (Phi) is 8.12. The standard InChI is InChI=1S/C24H31N5O4S/c1-25-21(30)6-7-22(31)29-10-8-17(9-11-29)24-27-19(16-34-24)23(32)26-18-4-2-3-5-20(18)28-12-14-33-15-13-28/h2-5,16-17H,6-15H2,1H3,(H,25,30)(H,26,32). The molecule has 0 bridgehead atoms. The Hall–Kier alpha value is -2.98. The lowest BCUT2D eigenvalue weighted by atomic mass is 9.97. The molecule has 9 nitrogen and oxygen atoms in total. The molecule has 0 atom stereocenters. The highest BCUT2D eigenvalue weighted by Crippen LogP contribution is 2.31. The number of likely N-dealkylation sites (tertiary alicyclic amines) is 1. The third-order valence-corrected chi connectivity index (χ3v) is 7.31. The highest BCUT2D eigenvalue weighted by molar-refractivity contribution is 7.10. The molecule has 2 N–H and O–H groups in total. The van der Waals surface area contributed by atoms with Crippen LogP contribution >= 0.6 is 11.3 Å². The lowest BCUT2D eigenvalue weighted by Crippen LogP contribution is -2.38. The van der Waals surface area contributed by atoms with Crippen molar-refractivity contribution in [3.8, 4) is 0 Å². The Labute approximate surface area is 203 Å². The normalized spacial score (nSPS) is 16.9. The van der Waals surface area contributed by atoms with Crippen LogP contribution in [0.5, 0.6) is 0 Å². The molecule has 2 aromatic rings. The number of morpholine rings is 1. The first-order valence-electron chi connectivity index (χ1n) is 11.7. The van der Waals surface area contributed by atoms with Crippen molar-refractivity contribution in [3.63, 3.8) is 0 Å². The molecule has 1 aromatic carbocycles. The number of thiazole rings is 1. The van der Waals surface area contributed by atoms with Crippen LogP contribution in [0.4, 0.5) is 11.4 Å². The minimum Gasteiger partial charge on any atom is -0.378 e. The van der Waals surface area contributed by atoms with Gasteiger partial charge in [0.1, 0.15) is 5.69 Å². The Balaban J connectivity index is 1.32. The van der Waals surface area contributed by atoms with Crippen LogP contribution in [0.1, 0.15) is 47.1 Å². The number of nitrogens with one attached hydrogen (secondary N) is 2. The van der Waals surface area contributed by atoms with Gasteiger partial charge in [-0.1, -0.05) is 12.1 Å². The zero-order chi connectivity index (χ0) is 23.9. The van der Waals surface area contributed by atoms with Gasteiger partial charge in [0.05, 0.1) is 29.6 Å². The fraction of sp³-hybridized carbons (Fsp3) is 0.500. The van der Waals surface area contributed by atoms with Gasteiger partial charge in [0.2, 0.25) is 11.8 Å². The first-order valence-corrected chi connectivity index (χ1v) is 12.6. The molecule has 3 amide bonds. The molecule has 0 saturated carbocycles. The number of carbonyl (C=O) groups is 3. The van der Waals surface area contributed by atoms with Crippen LogP contribution in [0.25, 0.3) is 0 Å². The van der Waals surface area contributed by atoms with Crippen LogP contribution in [0.15, 0.2) is 29.6 Å². The Morgan fingerprint density at radius 1 is 1.09 bits per heavy atom. The van der Waals surface area contributed by atoms with Crippen LogP contribution < -0.4 is 15.5 Å². The topological polar surface area (TPSA) is 104 Å². The number of amides is 3. The molecule has 4 rings (SSSR count). The molecule has 1 aromatic heterocycles. The summed E-state index contributed by atoms with van der Waals surface area (Å²) in [6.45, 7) is 4.23. The van der Waals surface area contributed by atoms with E-state index in [0.29, 0.717) is 32.0 Å². The molecular weight excluding hydrogens is 454 g/mol. The highest BCUT2D eigenvalue weighted by Gasteiger charge is 2.27. The van der Waals surface area contributed by atoms with Gasteiger partial charge in [-0.3, -0.25) is 14.4 Å². The quantitative estimate of drug-likeness (QED) is 0.625. The SMILES string of the molecule is CNC(=O)CCC(=O)N1CCC(c2nc(C(=O)Nc3ccccc3N3CCOCC3)cs2)CC1. The molecule has 2 saturated heterocycles. The zero-order valence-corrected chi connectivity index (χ0v) is 20.2. The van der Waals surface area contributed by atoms with E-state index in [4.69, 9.17) is 4.74 Å². The molecular formula is C24H31N5O4S. The second-order valence-corrected chi connectivity index (χ2v) is 9.36. The van der Waals surface area contributed by atoms with Crippen molar-refractivity contribution in [2.75, 3.05) is 56.7 Å². The number of anilines is 2. The number of piperidine rings is 1. The fourth-order valence-corrected chi connectivity index (χ4v) is 5.28. The van der Waals surface area contributed by atoms with E-state index < -0.39 is 0 Å². The van der Waals surface area contributed by atoms with Gasteiger partial charge >= 0.3 is 0 Å². The minimum atomic E-state index is -0.218. The van der Waals surface area contributed by atoms with Crippen LogP contribution in [-0.4, -0.2) is 74.0 Å². The maximum Gasteiger partial charge on any atom is 0.275 e. The number of hydrogen-bond acceptors (Lipinski definition) is 7. The number of benzene rings is 1. The van der Waals surface area contributed by atoms with E-state index in [1.807, 2.05) is 34.5 Å². The predicted molar refractivity (Wildman–Crippen MR) is 131 cm³/mol. The first kappa shape index (κ1) is 24.2. The van der Waals surface area contributed by atoms with Crippen molar-refractivity contribution >= 4 is 40.4 Å². The molecule has 3 heterocycles. The summed E-state index contributed by atoms with van der Waals surface area (Å²) in [4.78, 5) is 45.3. The number of hydrogen-bond donors (Lipinski definition) is 2. The van der Waals surface area contributed by atoms with Crippen LogP contribution in [0.2, 0.25) is 0 Å². The lowest BCUT2D eigenvalue weighted by Gasteiger charge is -2.31. The van der Waals surface area contributed by atoms with Crippen molar-refractivity contribution in [1.29, 1.82) is 0 Å². The second kappa shape index (κ2) is 11.4. The van der Waals surface area contributed by atoms with Crippen molar-refractivity contribution in [2.24, 2.45) is 0 Å². The van der Waals surface area contributed by atoms with E-state index in [-0.39, 0.29) is 36.5 Å². The van der Waals surface area contributed by atoms with E-state index in [0.717, 1.165) is 42.3 Å². The summed E-state index contributed by atoms with van der Waals surface area (Å²) in [7, 11) is 1.57. The van der Waals surface area contributed by atoms with Gasteiger partial charge in [0.15, 0.2) is 0 Å². The average Bonchev–Trinajstić information content (AvgIpc) is 3.38. The summed E-state index contributed by atoms with van der Waals surface area (Å²) in [6, 6.07) is 7.80. The molecule has 0 radical (unpaired) electrons. The second-order valence-electron chi connectivity index (χ2n) is 8.47. The van der Waals surface area contributed by atoms with Crippen LogP contribution in [0, 0.1) is 0 Å². The largest absolute Gasteiger partial charge is 0.378 e. The number of nitrogens with zero attached hydrogens (tertiary/aromatic N) is 3. The molecule has 34 heavy (non-hydrogen) atoms. The number of para-hydroxylation sites is 2. The van der Waals surface area contributed by atoms with Gasteiger partial charge in [-0.05, 0) is 25.0 Å². The minimum absolute atomic E-state index is 0.0141. The summed E-state index contributed by atoms with van der Waals surface area (Å²) in [5.74, 6) is -0.0928. The molecule has 0 unspecified atom stereocenters. The predicted octanol–water partition coefficient (Wildman–Crippen LogP) is 2.46. The molecule has 2 aliphatic heterocycles. The summed E-state index contributed by atoms with van der Waals surface area (Å²) in [5, 5.41) is 8.31. The highest BCUT2D eigenvalue weighted by atomic mass is 32.1. The van der Waals surface area contributed by atoms with E-state index in [2.05, 4.69) is 20.5 Å². The molecule has 2 aliphatic rings. The van der Waals surface area contributed by atoms with Gasteiger partial charge in [-0.15, -0.1) is 11.3 Å². The third-order valence-electron chi connectivity index (χ3n) is 6.30. The molecule has 10 heteroatoms. The first-order chi connectivity index (χ1) is 16.5. The number of ether oxygens (including phenoxy) is 1. The third kappa shape index (κ3) is 5.92. The van der Waals surface area contributed by atoms with Gasteiger partial charge in [0.25, 0.3) is 5.91 Å². The zero-order valence-electron chi connectivity index (χ0n) is 19.4. The van der Waals surface area contributed by atoms with Gasteiger partial charge in [-0.25, -0.2) is 4.98 Å². The summed E-state index contributed by atoms with van der Waals surface area (Å²) >= 11 is 1.50. The van der Waals surface area contributed by atoms with Crippen LogP contribution in [0.3, 0.4) is 0 Å². The van der Waals surface area contributed by atoms with E-state index >= 15 is 0 Å². The van der Waals surface area contributed by atoms with E-state index in [9.17, 15) is 14.4 Å². The van der Waals surface area contributed by atoms with Crippen LogP contribution in [-0.2, 0) is 14.3 Å². The average molecular weight is 486 g/mol. The van der Waals surface area contributed by atoms with Gasteiger partial charge in [-0.2, -0.15) is 0 Å². The number of aromatic nitrogens is 1. The molecule has 0 spiro atoms.